The van der Waals surface area contributed by atoms with Crippen molar-refractivity contribution < 1.29 is 0 Å². The van der Waals surface area contributed by atoms with Crippen LogP contribution in [0, 0.1) is 0 Å². The molecule has 7 aromatic carbocycles. The number of hydrogen-bond acceptors (Lipinski definition) is 3. The van der Waals surface area contributed by atoms with Gasteiger partial charge in [0.15, 0.2) is 0 Å². The van der Waals surface area contributed by atoms with Crippen molar-refractivity contribution in [3.05, 3.63) is 189 Å². The maximum atomic E-state index is 8.19. The Kier molecular flexibility index (Phi) is 13.1. The quantitative estimate of drug-likeness (QED) is 0.150. The van der Waals surface area contributed by atoms with Gasteiger partial charge >= 0.3 is 0 Å². The van der Waals surface area contributed by atoms with Gasteiger partial charge in [-0.1, -0.05) is 194 Å². The summed E-state index contributed by atoms with van der Waals surface area (Å²) in [5.74, 6) is 0. The van der Waals surface area contributed by atoms with E-state index in [0.29, 0.717) is 5.02 Å². The smallest absolute Gasteiger partial charge is 0.0887 e. The fraction of sp³-hybridized carbons (Fsp3) is 0.343. The van der Waals surface area contributed by atoms with Crippen LogP contribution in [0.25, 0.3) is 32.3 Å². The van der Waals surface area contributed by atoms with E-state index in [1.165, 1.54) is 77.7 Å². The van der Waals surface area contributed by atoms with E-state index >= 15 is 0 Å². The van der Waals surface area contributed by atoms with E-state index < -0.39 is 0 Å². The molecule has 366 valence electrons. The maximum absolute atomic E-state index is 8.19. The monoisotopic (exact) mass is 975 g/mol. The Morgan fingerprint density at radius 2 is 0.915 bits per heavy atom. The summed E-state index contributed by atoms with van der Waals surface area (Å²) in [5, 5.41) is 4.21. The minimum Gasteiger partial charge on any atom is -0.308 e. The number of benzene rings is 7. The molecule has 0 bridgehead atoms. The van der Waals surface area contributed by atoms with E-state index in [0.717, 1.165) is 47.0 Å². The maximum Gasteiger partial charge on any atom is 0.0887 e. The largest absolute Gasteiger partial charge is 0.308 e. The normalized spacial score (nSPS) is 13.5. The van der Waals surface area contributed by atoms with Crippen molar-refractivity contribution >= 4 is 67.1 Å². The molecule has 0 spiro atoms. The van der Waals surface area contributed by atoms with Crippen molar-refractivity contribution in [2.75, 3.05) is 9.80 Å². The molecule has 0 aliphatic heterocycles. The van der Waals surface area contributed by atoms with Gasteiger partial charge in [-0.25, -0.2) is 0 Å². The Morgan fingerprint density at radius 1 is 0.408 bits per heavy atom. The van der Waals surface area contributed by atoms with Crippen LogP contribution in [0.2, 0.25) is 5.02 Å². The third-order valence-corrected chi connectivity index (χ3v) is 16.1. The van der Waals surface area contributed by atoms with Crippen LogP contribution in [0.5, 0.6) is 0 Å². The molecule has 0 radical (unpaired) electrons. The number of thiophene rings is 1. The number of hydrogen-bond donors (Lipinski definition) is 0. The van der Waals surface area contributed by atoms with Crippen molar-refractivity contribution in [3.63, 3.8) is 0 Å². The summed E-state index contributed by atoms with van der Waals surface area (Å²) in [6, 6.07) is 53.2. The summed E-state index contributed by atoms with van der Waals surface area (Å²) in [6.45, 7) is 34.6. The average molecular weight is 976 g/mol. The van der Waals surface area contributed by atoms with Crippen LogP contribution in [0.1, 0.15) is 149 Å². The first-order valence-corrected chi connectivity index (χ1v) is 27.1. The predicted octanol–water partition coefficient (Wildman–Crippen LogP) is 20.8. The molecule has 1 heterocycles. The Bertz CT molecular complexity index is 3210. The SMILES string of the molecule is CC(C)(C)c1ccc(N(c2ccc(C(C)(C)C)cc2-c2cccc3c2CCC3)c2cccc(N(c3ccc(-c4cc(C(C)(C)C)cc(C(C)(C)C)c4)cc3)c3csc4ccc(C(C)(C)C)cc34)c2Cl)cc1. The van der Waals surface area contributed by atoms with Gasteiger partial charge in [-0.2, -0.15) is 0 Å². The van der Waals surface area contributed by atoms with Crippen LogP contribution in [0.15, 0.2) is 145 Å². The molecule has 1 aliphatic carbocycles. The highest BCUT2D eigenvalue weighted by Gasteiger charge is 2.29. The van der Waals surface area contributed by atoms with Crippen LogP contribution in [0.4, 0.5) is 34.1 Å². The van der Waals surface area contributed by atoms with Crippen molar-refractivity contribution in [3.8, 4) is 22.3 Å². The summed E-state index contributed by atoms with van der Waals surface area (Å²) in [7, 11) is 0. The van der Waals surface area contributed by atoms with Crippen molar-refractivity contribution in [1.82, 2.24) is 0 Å². The number of rotatable bonds is 8. The highest BCUT2D eigenvalue weighted by atomic mass is 35.5. The average Bonchev–Trinajstić information content (AvgIpc) is 3.97. The Hall–Kier alpha value is -5.61. The molecule has 1 aliphatic rings. The number of aryl methyl sites for hydroxylation is 1. The summed E-state index contributed by atoms with van der Waals surface area (Å²) < 4.78 is 1.25. The van der Waals surface area contributed by atoms with Crippen LogP contribution in [0.3, 0.4) is 0 Å². The van der Waals surface area contributed by atoms with Crippen LogP contribution in [-0.2, 0) is 39.9 Å². The van der Waals surface area contributed by atoms with E-state index in [2.05, 4.69) is 259 Å². The summed E-state index contributed by atoms with van der Waals surface area (Å²) in [4.78, 5) is 4.83. The minimum atomic E-state index is -0.0432. The second-order valence-corrected chi connectivity index (χ2v) is 26.6. The molecular formula is C67H75ClN2S. The van der Waals surface area contributed by atoms with Gasteiger partial charge in [0.2, 0.25) is 0 Å². The Balaban J connectivity index is 1.28. The van der Waals surface area contributed by atoms with Gasteiger partial charge < -0.3 is 9.80 Å². The minimum absolute atomic E-state index is 0.00150. The molecule has 0 saturated carbocycles. The molecule has 0 fully saturated rings. The van der Waals surface area contributed by atoms with E-state index in [9.17, 15) is 0 Å². The second-order valence-electron chi connectivity index (χ2n) is 25.3. The van der Waals surface area contributed by atoms with Crippen LogP contribution < -0.4 is 9.80 Å². The summed E-state index contributed by atoms with van der Waals surface area (Å²) in [6.07, 6.45) is 3.38. The molecule has 4 heteroatoms. The second kappa shape index (κ2) is 18.5. The first-order valence-electron chi connectivity index (χ1n) is 25.8. The van der Waals surface area contributed by atoms with Crippen LogP contribution >= 0.6 is 22.9 Å². The summed E-state index contributed by atoms with van der Waals surface area (Å²) >= 11 is 9.98. The van der Waals surface area contributed by atoms with Gasteiger partial charge in [0, 0.05) is 32.4 Å². The number of halogens is 1. The van der Waals surface area contributed by atoms with Gasteiger partial charge in [-0.05, 0) is 163 Å². The Labute approximate surface area is 435 Å². The molecule has 8 aromatic rings. The Morgan fingerprint density at radius 3 is 1.49 bits per heavy atom. The van der Waals surface area contributed by atoms with Gasteiger partial charge in [0.1, 0.15) is 0 Å². The molecular weight excluding hydrogens is 900 g/mol. The zero-order valence-electron chi connectivity index (χ0n) is 45.2. The molecule has 1 aromatic heterocycles. The van der Waals surface area contributed by atoms with E-state index in [-0.39, 0.29) is 27.1 Å². The fourth-order valence-electron chi connectivity index (χ4n) is 10.2. The number of fused-ring (bicyclic) bond motifs is 2. The number of nitrogens with zero attached hydrogens (tertiary/aromatic N) is 2. The molecule has 0 N–H and O–H groups in total. The fourth-order valence-corrected chi connectivity index (χ4v) is 11.4. The highest BCUT2D eigenvalue weighted by molar-refractivity contribution is 7.17. The van der Waals surface area contributed by atoms with Crippen LogP contribution in [-0.4, -0.2) is 0 Å². The van der Waals surface area contributed by atoms with E-state index in [4.69, 9.17) is 11.6 Å². The predicted molar refractivity (Wildman–Crippen MR) is 313 cm³/mol. The van der Waals surface area contributed by atoms with Crippen molar-refractivity contribution in [2.24, 2.45) is 0 Å². The van der Waals surface area contributed by atoms with E-state index in [1.54, 1.807) is 11.3 Å². The molecule has 9 rings (SSSR count). The lowest BCUT2D eigenvalue weighted by Gasteiger charge is -2.33. The van der Waals surface area contributed by atoms with Crippen molar-refractivity contribution in [2.45, 2.75) is 150 Å². The molecule has 2 nitrogen and oxygen atoms in total. The third-order valence-electron chi connectivity index (χ3n) is 14.8. The molecule has 0 unspecified atom stereocenters. The zero-order chi connectivity index (χ0) is 51.0. The summed E-state index contributed by atoms with van der Waals surface area (Å²) in [5.41, 5.74) is 20.7. The molecule has 0 amide bonds. The first-order chi connectivity index (χ1) is 33.3. The lowest BCUT2D eigenvalue weighted by Crippen LogP contribution is -2.17. The van der Waals surface area contributed by atoms with E-state index in [1.807, 2.05) is 0 Å². The van der Waals surface area contributed by atoms with Gasteiger partial charge in [0.05, 0.1) is 27.8 Å². The highest BCUT2D eigenvalue weighted by Crippen LogP contribution is 2.52. The lowest BCUT2D eigenvalue weighted by molar-refractivity contribution is 0.569. The standard InChI is InChI=1S/C67H75ClN2S/c1-63(2,3)46-27-33-52(34-28-46)69(57-35-29-47(64(4,5)6)40-55(57)54-22-17-20-44-19-16-21-53(44)54)58-23-18-24-59(62(58)68)70(60-42-71-61-36-30-48(41-56(60)61)65(7,8)9)51-31-25-43(26-32-51)45-37-49(66(10,11)12)39-50(38-45)67(13,14)15/h17-18,20,22-42H,16,19,21H2,1-15H3. The van der Waals surface area contributed by atoms with Gasteiger partial charge in [0.25, 0.3) is 0 Å². The molecule has 71 heavy (non-hydrogen) atoms. The molecule has 0 atom stereocenters. The topological polar surface area (TPSA) is 6.48 Å². The zero-order valence-corrected chi connectivity index (χ0v) is 46.7. The first kappa shape index (κ1) is 50.3. The van der Waals surface area contributed by atoms with Crippen molar-refractivity contribution in [1.29, 1.82) is 0 Å². The van der Waals surface area contributed by atoms with Gasteiger partial charge in [-0.15, -0.1) is 11.3 Å². The lowest BCUT2D eigenvalue weighted by atomic mass is 9.79. The third kappa shape index (κ3) is 10.1. The van der Waals surface area contributed by atoms with Gasteiger partial charge in [-0.3, -0.25) is 0 Å². The number of anilines is 6. The molecule has 0 saturated heterocycles.